The second-order valence-electron chi connectivity index (χ2n) is 10.4. The fourth-order valence-corrected chi connectivity index (χ4v) is 5.71. The quantitative estimate of drug-likeness (QED) is 0.478. The lowest BCUT2D eigenvalue weighted by molar-refractivity contribution is 0.170. The highest BCUT2D eigenvalue weighted by molar-refractivity contribution is 7.89. The zero-order chi connectivity index (χ0) is 26.6. The molecule has 3 heterocycles. The molecule has 2 aromatic heterocycles. The number of nitrogens with zero attached hydrogens (tertiary/aromatic N) is 4. The van der Waals surface area contributed by atoms with E-state index in [9.17, 15) is 13.2 Å². The molecule has 37 heavy (non-hydrogen) atoms. The Hall–Kier alpha value is -3.24. The number of nitrogens with one attached hydrogen (secondary N) is 1. The van der Waals surface area contributed by atoms with Crippen LogP contribution < -0.4 is 19.9 Å². The second-order valence-corrected chi connectivity index (χ2v) is 12.0. The van der Waals surface area contributed by atoms with Crippen molar-refractivity contribution in [3.8, 4) is 11.4 Å². The number of hydrogen-bond donors (Lipinski definition) is 1. The smallest absolute Gasteiger partial charge is 0.258 e. The van der Waals surface area contributed by atoms with Crippen molar-refractivity contribution in [3.63, 3.8) is 0 Å². The molecule has 0 atom stereocenters. The van der Waals surface area contributed by atoms with E-state index >= 15 is 0 Å². The summed E-state index contributed by atoms with van der Waals surface area (Å²) in [5, 5.41) is 0. The summed E-state index contributed by atoms with van der Waals surface area (Å²) in [4.78, 5) is 24.1. The van der Waals surface area contributed by atoms with E-state index in [4.69, 9.17) is 4.74 Å². The van der Waals surface area contributed by atoms with Gasteiger partial charge >= 0.3 is 0 Å². The lowest BCUT2D eigenvalue weighted by Gasteiger charge is -2.32. The highest BCUT2D eigenvalue weighted by Gasteiger charge is 2.23. The number of aryl methyl sites for hydroxylation is 1. The maximum absolute atomic E-state index is 12.8. The van der Waals surface area contributed by atoms with Gasteiger partial charge in [0.25, 0.3) is 5.56 Å². The van der Waals surface area contributed by atoms with Crippen LogP contribution in [-0.4, -0.2) is 47.7 Å². The Morgan fingerprint density at radius 2 is 1.70 bits per heavy atom. The molecule has 0 unspecified atom stereocenters. The predicted molar refractivity (Wildman–Crippen MR) is 144 cm³/mol. The molecule has 1 fully saturated rings. The van der Waals surface area contributed by atoms with Crippen LogP contribution >= 0.6 is 0 Å². The minimum Gasteiger partial charge on any atom is -0.490 e. The zero-order valence-corrected chi connectivity index (χ0v) is 22.7. The molecular formula is C27H35N5O4S. The molecule has 10 heteroatoms. The molecule has 0 aliphatic carbocycles. The van der Waals surface area contributed by atoms with E-state index in [1.165, 1.54) is 22.8 Å². The summed E-state index contributed by atoms with van der Waals surface area (Å²) in [6.07, 6.45) is 9.13. The zero-order valence-electron chi connectivity index (χ0n) is 21.8. The lowest BCUT2D eigenvalue weighted by Crippen LogP contribution is -2.40. The number of hydrogen-bond acceptors (Lipinski definition) is 7. The van der Waals surface area contributed by atoms with Gasteiger partial charge in [-0.25, -0.2) is 23.1 Å². The Morgan fingerprint density at radius 1 is 1.05 bits per heavy atom. The molecule has 1 aliphatic rings. The molecule has 0 bridgehead atoms. The molecule has 1 aliphatic heterocycles. The molecule has 0 radical (unpaired) electrons. The molecule has 4 rings (SSSR count). The predicted octanol–water partition coefficient (Wildman–Crippen LogP) is 3.70. The van der Waals surface area contributed by atoms with Gasteiger partial charge in [0.2, 0.25) is 16.0 Å². The van der Waals surface area contributed by atoms with Crippen LogP contribution in [0.4, 0.5) is 5.95 Å². The average Bonchev–Trinajstić information content (AvgIpc) is 2.84. The number of sulfonamides is 1. The van der Waals surface area contributed by atoms with Crippen LogP contribution in [0.15, 0.2) is 64.7 Å². The van der Waals surface area contributed by atoms with E-state index in [-0.39, 0.29) is 16.6 Å². The van der Waals surface area contributed by atoms with Gasteiger partial charge in [-0.2, -0.15) is 0 Å². The third-order valence-corrected chi connectivity index (χ3v) is 7.79. The van der Waals surface area contributed by atoms with Gasteiger partial charge in [0.05, 0.1) is 4.90 Å². The van der Waals surface area contributed by atoms with Gasteiger partial charge in [0.15, 0.2) is 0 Å². The van der Waals surface area contributed by atoms with Crippen LogP contribution in [-0.2, 0) is 16.4 Å². The second kappa shape index (κ2) is 11.0. The average molecular weight is 526 g/mol. The lowest BCUT2D eigenvalue weighted by atomic mass is 10.1. The van der Waals surface area contributed by atoms with Gasteiger partial charge in [0.1, 0.15) is 11.9 Å². The van der Waals surface area contributed by atoms with E-state index < -0.39 is 15.6 Å². The number of rotatable bonds is 8. The monoisotopic (exact) mass is 525 g/mol. The first-order valence-electron chi connectivity index (χ1n) is 12.6. The van der Waals surface area contributed by atoms with Crippen molar-refractivity contribution in [2.24, 2.45) is 0 Å². The maximum atomic E-state index is 12.8. The van der Waals surface area contributed by atoms with Gasteiger partial charge in [-0.3, -0.25) is 9.36 Å². The van der Waals surface area contributed by atoms with Gasteiger partial charge < -0.3 is 9.64 Å². The molecular weight excluding hydrogens is 490 g/mol. The first-order valence-corrected chi connectivity index (χ1v) is 14.1. The van der Waals surface area contributed by atoms with Crippen LogP contribution in [0.1, 0.15) is 52.5 Å². The van der Waals surface area contributed by atoms with Gasteiger partial charge in [-0.05, 0) is 63.1 Å². The number of ether oxygens (including phenoxy) is 1. The molecule has 1 aromatic carbocycles. The molecule has 0 spiro atoms. The summed E-state index contributed by atoms with van der Waals surface area (Å²) >= 11 is 0. The molecule has 1 saturated heterocycles. The molecule has 198 valence electrons. The van der Waals surface area contributed by atoms with E-state index in [1.807, 2.05) is 12.4 Å². The minimum absolute atomic E-state index is 0.00525. The summed E-state index contributed by atoms with van der Waals surface area (Å²) in [7, 11) is -3.65. The number of benzene rings is 1. The number of piperidine rings is 1. The van der Waals surface area contributed by atoms with Crippen molar-refractivity contribution in [2.45, 2.75) is 69.9 Å². The van der Waals surface area contributed by atoms with Crippen LogP contribution in [0.2, 0.25) is 0 Å². The summed E-state index contributed by atoms with van der Waals surface area (Å²) < 4.78 is 35.2. The molecule has 1 N–H and O–H groups in total. The first kappa shape index (κ1) is 26.8. The maximum Gasteiger partial charge on any atom is 0.258 e. The Labute approximate surface area is 218 Å². The van der Waals surface area contributed by atoms with Gasteiger partial charge in [-0.15, -0.1) is 0 Å². The van der Waals surface area contributed by atoms with Crippen molar-refractivity contribution >= 4 is 16.0 Å². The van der Waals surface area contributed by atoms with Crippen LogP contribution in [0, 0.1) is 0 Å². The van der Waals surface area contributed by atoms with Crippen molar-refractivity contribution < 1.29 is 13.2 Å². The Bertz CT molecular complexity index is 1360. The van der Waals surface area contributed by atoms with E-state index in [0.29, 0.717) is 11.4 Å². The van der Waals surface area contributed by atoms with Gasteiger partial charge in [-0.1, -0.05) is 13.3 Å². The SMILES string of the molecule is CCCc1cnc(N2CCC(Oc3ccn(-c4ccc(S(=O)(=O)NC(C)(C)C)cc4)c(=O)c3)CC2)nc1. The highest BCUT2D eigenvalue weighted by atomic mass is 32.2. The van der Waals surface area contributed by atoms with Crippen LogP contribution in [0.5, 0.6) is 5.75 Å². The van der Waals surface area contributed by atoms with Crippen molar-refractivity contribution in [2.75, 3.05) is 18.0 Å². The molecule has 9 nitrogen and oxygen atoms in total. The van der Waals surface area contributed by atoms with Crippen LogP contribution in [0.25, 0.3) is 5.69 Å². The Kier molecular flexibility index (Phi) is 7.99. The number of anilines is 1. The summed E-state index contributed by atoms with van der Waals surface area (Å²) in [6.45, 7) is 9.06. The van der Waals surface area contributed by atoms with Gasteiger partial charge in [0, 0.05) is 61.8 Å². The summed E-state index contributed by atoms with van der Waals surface area (Å²) in [5.41, 5.74) is 0.885. The highest BCUT2D eigenvalue weighted by Crippen LogP contribution is 2.21. The largest absolute Gasteiger partial charge is 0.490 e. The topological polar surface area (TPSA) is 106 Å². The number of pyridine rings is 1. The standard InChI is InChI=1S/C27H35N5O4S/c1-5-6-20-18-28-26(29-19-20)31-14-11-22(12-15-31)36-23-13-16-32(25(33)17-23)21-7-9-24(10-8-21)37(34,35)30-27(2,3)4/h7-10,13,16-19,22,30H,5-6,11-12,14-15H2,1-4H3. The van der Waals surface area contributed by atoms with Crippen molar-refractivity contribution in [1.29, 1.82) is 0 Å². The Balaban J connectivity index is 1.36. The van der Waals surface area contributed by atoms with Crippen molar-refractivity contribution in [3.05, 3.63) is 70.9 Å². The van der Waals surface area contributed by atoms with E-state index in [1.54, 1.807) is 45.2 Å². The molecule has 3 aromatic rings. The van der Waals surface area contributed by atoms with E-state index in [2.05, 4.69) is 26.5 Å². The first-order chi connectivity index (χ1) is 17.5. The summed E-state index contributed by atoms with van der Waals surface area (Å²) in [6, 6.07) is 9.45. The van der Waals surface area contributed by atoms with Crippen molar-refractivity contribution in [1.82, 2.24) is 19.3 Å². The fraction of sp³-hybridized carbons (Fsp3) is 0.444. The normalized spacial score (nSPS) is 15.1. The molecule has 0 saturated carbocycles. The third kappa shape index (κ3) is 6.95. The minimum atomic E-state index is -3.65. The fourth-order valence-electron chi connectivity index (χ4n) is 4.29. The summed E-state index contributed by atoms with van der Waals surface area (Å²) in [5.74, 6) is 1.27. The number of aromatic nitrogens is 3. The van der Waals surface area contributed by atoms with Crippen LogP contribution in [0.3, 0.4) is 0 Å². The molecule has 0 amide bonds. The Morgan fingerprint density at radius 3 is 2.27 bits per heavy atom. The third-order valence-electron chi connectivity index (χ3n) is 6.01. The van der Waals surface area contributed by atoms with E-state index in [0.717, 1.165) is 50.3 Å².